The van der Waals surface area contributed by atoms with Gasteiger partial charge in [-0.25, -0.2) is 9.97 Å². The minimum Gasteiger partial charge on any atom is -0.497 e. The lowest BCUT2D eigenvalue weighted by Crippen LogP contribution is -2.12. The Morgan fingerprint density at radius 3 is 2.38 bits per heavy atom. The second kappa shape index (κ2) is 6.06. The van der Waals surface area contributed by atoms with E-state index in [1.807, 2.05) is 31.1 Å². The van der Waals surface area contributed by atoms with Crippen LogP contribution in [-0.2, 0) is 5.41 Å². The first-order chi connectivity index (χ1) is 11.3. The zero-order chi connectivity index (χ0) is 17.5. The van der Waals surface area contributed by atoms with Crippen molar-refractivity contribution in [1.82, 2.24) is 9.97 Å². The average molecular weight is 341 g/mol. The third-order valence-corrected chi connectivity index (χ3v) is 4.97. The second-order valence-corrected chi connectivity index (χ2v) is 7.93. The van der Waals surface area contributed by atoms with Crippen LogP contribution in [0.1, 0.15) is 26.3 Å². The summed E-state index contributed by atoms with van der Waals surface area (Å²) in [6, 6.07) is 8.25. The number of aromatic nitrogens is 2. The molecule has 126 valence electrons. The highest BCUT2D eigenvalue weighted by Gasteiger charge is 2.20. The van der Waals surface area contributed by atoms with Crippen molar-refractivity contribution in [2.24, 2.45) is 0 Å². The molecule has 5 heteroatoms. The number of anilines is 1. The van der Waals surface area contributed by atoms with Crippen molar-refractivity contribution >= 4 is 27.4 Å². The van der Waals surface area contributed by atoms with Gasteiger partial charge in [0, 0.05) is 30.9 Å². The molecule has 2 aromatic heterocycles. The van der Waals surface area contributed by atoms with Crippen LogP contribution in [0.25, 0.3) is 22.3 Å². The van der Waals surface area contributed by atoms with Crippen LogP contribution in [0.2, 0.25) is 0 Å². The molecule has 0 atom stereocenters. The number of thiazole rings is 1. The number of hydrogen-bond donors (Lipinski definition) is 0. The fourth-order valence-corrected chi connectivity index (χ4v) is 3.43. The van der Waals surface area contributed by atoms with Gasteiger partial charge in [-0.3, -0.25) is 0 Å². The van der Waals surface area contributed by atoms with Crippen LogP contribution < -0.4 is 9.64 Å². The number of benzene rings is 1. The van der Waals surface area contributed by atoms with Crippen LogP contribution in [0.3, 0.4) is 0 Å². The Kier molecular flexibility index (Phi) is 4.22. The first kappa shape index (κ1) is 16.7. The summed E-state index contributed by atoms with van der Waals surface area (Å²) >= 11 is 1.63. The molecule has 0 bridgehead atoms. The summed E-state index contributed by atoms with van der Waals surface area (Å²) in [5, 5.41) is 4.21. The number of nitrogens with zero attached hydrogens (tertiary/aromatic N) is 3. The topological polar surface area (TPSA) is 38.2 Å². The van der Waals surface area contributed by atoms with Gasteiger partial charge in [-0.2, -0.15) is 0 Å². The van der Waals surface area contributed by atoms with Crippen LogP contribution in [0.4, 0.5) is 5.13 Å². The lowest BCUT2D eigenvalue weighted by atomic mass is 9.84. The lowest BCUT2D eigenvalue weighted by molar-refractivity contribution is 0.415. The van der Waals surface area contributed by atoms with Crippen molar-refractivity contribution in [2.45, 2.75) is 26.2 Å². The average Bonchev–Trinajstić information content (AvgIpc) is 3.02. The molecule has 0 amide bonds. The van der Waals surface area contributed by atoms with Gasteiger partial charge in [-0.15, -0.1) is 11.3 Å². The Labute approximate surface area is 147 Å². The summed E-state index contributed by atoms with van der Waals surface area (Å²) in [6.45, 7) is 6.67. The summed E-state index contributed by atoms with van der Waals surface area (Å²) < 4.78 is 5.37. The maximum atomic E-state index is 5.37. The molecular formula is C19H23N3OS. The number of rotatable bonds is 3. The Morgan fingerprint density at radius 2 is 1.79 bits per heavy atom. The zero-order valence-electron chi connectivity index (χ0n) is 15.0. The largest absolute Gasteiger partial charge is 0.497 e. The number of fused-ring (bicyclic) bond motifs is 1. The van der Waals surface area contributed by atoms with Gasteiger partial charge in [-0.1, -0.05) is 20.8 Å². The molecule has 0 aliphatic carbocycles. The highest BCUT2D eigenvalue weighted by atomic mass is 32.1. The monoisotopic (exact) mass is 341 g/mol. The van der Waals surface area contributed by atoms with Crippen LogP contribution >= 0.6 is 11.3 Å². The molecule has 1 aromatic carbocycles. The van der Waals surface area contributed by atoms with Gasteiger partial charge in [0.2, 0.25) is 0 Å². The van der Waals surface area contributed by atoms with Crippen molar-refractivity contribution in [3.63, 3.8) is 0 Å². The van der Waals surface area contributed by atoms with Crippen LogP contribution in [0, 0.1) is 0 Å². The van der Waals surface area contributed by atoms with Gasteiger partial charge < -0.3 is 9.64 Å². The minimum atomic E-state index is 0.0188. The van der Waals surface area contributed by atoms with Crippen molar-refractivity contribution in [3.05, 3.63) is 35.2 Å². The Balaban J connectivity index is 2.24. The molecule has 0 aliphatic rings. The molecule has 0 N–H and O–H groups in total. The number of methoxy groups -OCH3 is 1. The predicted octanol–water partition coefficient (Wildman–Crippen LogP) is 4.73. The predicted molar refractivity (Wildman–Crippen MR) is 102 cm³/mol. The molecule has 0 saturated heterocycles. The molecule has 0 fully saturated rings. The standard InChI is InChI=1S/C19H23N3OS/c1-19(2,3)14-10-16(17-11-24-18(21-17)22(4)5)20-15-9-12(23-6)7-8-13(14)15/h7-11H,1-6H3. The fourth-order valence-electron chi connectivity index (χ4n) is 2.67. The summed E-state index contributed by atoms with van der Waals surface area (Å²) in [7, 11) is 5.68. The van der Waals surface area contributed by atoms with Gasteiger partial charge in [0.15, 0.2) is 5.13 Å². The minimum absolute atomic E-state index is 0.0188. The summed E-state index contributed by atoms with van der Waals surface area (Å²) in [5.74, 6) is 0.819. The number of ether oxygens (including phenoxy) is 1. The number of hydrogen-bond acceptors (Lipinski definition) is 5. The normalized spacial score (nSPS) is 11.8. The Hall–Kier alpha value is -2.14. The van der Waals surface area contributed by atoms with Gasteiger partial charge in [0.05, 0.1) is 18.3 Å². The van der Waals surface area contributed by atoms with Gasteiger partial charge in [0.1, 0.15) is 11.4 Å². The van der Waals surface area contributed by atoms with Crippen molar-refractivity contribution in [2.75, 3.05) is 26.1 Å². The van der Waals surface area contributed by atoms with Crippen LogP contribution in [0.15, 0.2) is 29.6 Å². The van der Waals surface area contributed by atoms with Gasteiger partial charge >= 0.3 is 0 Å². The molecule has 2 heterocycles. The smallest absolute Gasteiger partial charge is 0.185 e. The molecule has 24 heavy (non-hydrogen) atoms. The third kappa shape index (κ3) is 3.08. The van der Waals surface area contributed by atoms with Crippen molar-refractivity contribution in [3.8, 4) is 17.1 Å². The fraction of sp³-hybridized carbons (Fsp3) is 0.368. The van der Waals surface area contributed by atoms with E-state index in [-0.39, 0.29) is 5.41 Å². The van der Waals surface area contributed by atoms with Crippen molar-refractivity contribution < 1.29 is 4.74 Å². The van der Waals surface area contributed by atoms with Gasteiger partial charge in [-0.05, 0) is 29.2 Å². The van der Waals surface area contributed by atoms with E-state index < -0.39 is 0 Å². The second-order valence-electron chi connectivity index (χ2n) is 7.10. The van der Waals surface area contributed by atoms with E-state index in [0.29, 0.717) is 0 Å². The molecule has 0 saturated carbocycles. The van der Waals surface area contributed by atoms with E-state index in [1.165, 1.54) is 5.56 Å². The first-order valence-electron chi connectivity index (χ1n) is 7.92. The van der Waals surface area contributed by atoms with E-state index >= 15 is 0 Å². The zero-order valence-corrected chi connectivity index (χ0v) is 15.9. The molecular weight excluding hydrogens is 318 g/mol. The van der Waals surface area contributed by atoms with Crippen molar-refractivity contribution in [1.29, 1.82) is 0 Å². The highest BCUT2D eigenvalue weighted by Crippen LogP contribution is 2.35. The highest BCUT2D eigenvalue weighted by molar-refractivity contribution is 7.14. The van der Waals surface area contributed by atoms with Crippen LogP contribution in [-0.4, -0.2) is 31.2 Å². The van der Waals surface area contributed by atoms with Crippen LogP contribution in [0.5, 0.6) is 5.75 Å². The van der Waals surface area contributed by atoms with E-state index in [0.717, 1.165) is 33.2 Å². The van der Waals surface area contributed by atoms with E-state index in [4.69, 9.17) is 14.7 Å². The third-order valence-electron chi connectivity index (χ3n) is 3.96. The van der Waals surface area contributed by atoms with E-state index in [1.54, 1.807) is 18.4 Å². The SMILES string of the molecule is COc1ccc2c(C(C)(C)C)cc(-c3csc(N(C)C)n3)nc2c1. The summed E-state index contributed by atoms with van der Waals surface area (Å²) in [5.41, 5.74) is 4.05. The van der Waals surface area contributed by atoms with E-state index in [2.05, 4.69) is 38.3 Å². The molecule has 0 aliphatic heterocycles. The van der Waals surface area contributed by atoms with E-state index in [9.17, 15) is 0 Å². The first-order valence-corrected chi connectivity index (χ1v) is 8.80. The molecule has 3 aromatic rings. The molecule has 0 unspecified atom stereocenters. The quantitative estimate of drug-likeness (QED) is 0.690. The molecule has 3 rings (SSSR count). The summed E-state index contributed by atoms with van der Waals surface area (Å²) in [4.78, 5) is 11.6. The Bertz CT molecular complexity index is 878. The maximum absolute atomic E-state index is 5.37. The molecule has 4 nitrogen and oxygen atoms in total. The summed E-state index contributed by atoms with van der Waals surface area (Å²) in [6.07, 6.45) is 0. The van der Waals surface area contributed by atoms with Gasteiger partial charge in [0.25, 0.3) is 0 Å². The lowest BCUT2D eigenvalue weighted by Gasteiger charge is -2.22. The molecule has 0 radical (unpaired) electrons. The molecule has 0 spiro atoms. The maximum Gasteiger partial charge on any atom is 0.185 e. The Morgan fingerprint density at radius 1 is 1.04 bits per heavy atom. The number of pyridine rings is 1.